The quantitative estimate of drug-likeness (QED) is 0.199. The number of ether oxygens (including phenoxy) is 1. The summed E-state index contributed by atoms with van der Waals surface area (Å²) in [5.74, 6) is 0.728. The molecule has 2 heterocycles. The zero-order valence-corrected chi connectivity index (χ0v) is 28.5. The Morgan fingerprint density at radius 3 is 2.26 bits per heavy atom. The van der Waals surface area contributed by atoms with E-state index in [-0.39, 0.29) is 10.3 Å². The number of nitrogens with zero attached hydrogens (tertiary/aromatic N) is 1. The summed E-state index contributed by atoms with van der Waals surface area (Å²) in [4.78, 5) is 3.82. The van der Waals surface area contributed by atoms with E-state index in [0.717, 1.165) is 77.3 Å². The van der Waals surface area contributed by atoms with Gasteiger partial charge >= 0.3 is 0 Å². The molecule has 0 spiro atoms. The second-order valence-corrected chi connectivity index (χ2v) is 15.3. The number of aromatic nitrogens is 2. The summed E-state index contributed by atoms with van der Waals surface area (Å²) in [6, 6.07) is 24.1. The van der Waals surface area contributed by atoms with Gasteiger partial charge in [0.15, 0.2) is 0 Å². The molecule has 0 fully saturated rings. The number of rotatable bonds is 4. The number of nitrogens with one attached hydrogen (secondary N) is 1. The van der Waals surface area contributed by atoms with Gasteiger partial charge in [-0.3, -0.25) is 0 Å². The van der Waals surface area contributed by atoms with Crippen LogP contribution in [0.4, 0.5) is 0 Å². The van der Waals surface area contributed by atoms with Crippen LogP contribution in [0.15, 0.2) is 77.7 Å². The lowest BCUT2D eigenvalue weighted by Crippen LogP contribution is -2.14. The second-order valence-electron chi connectivity index (χ2n) is 13.3. The molecule has 234 valence electrons. The smallest absolute Gasteiger partial charge is 0.238 e. The summed E-state index contributed by atoms with van der Waals surface area (Å²) in [6.45, 7) is 12.6. The number of fused-ring (bicyclic) bond motifs is 7. The Bertz CT molecular complexity index is 2520. The van der Waals surface area contributed by atoms with E-state index in [4.69, 9.17) is 21.5 Å². The minimum atomic E-state index is -4.05. The second kappa shape index (κ2) is 10.4. The maximum absolute atomic E-state index is 13.0. The Morgan fingerprint density at radius 1 is 0.826 bits per heavy atom. The number of sulfonamides is 1. The maximum atomic E-state index is 13.0. The first-order valence-electron chi connectivity index (χ1n) is 15.2. The van der Waals surface area contributed by atoms with Crippen LogP contribution in [0.25, 0.3) is 60.4 Å². The normalized spacial score (nSPS) is 12.6. The fourth-order valence-corrected chi connectivity index (χ4v) is 7.91. The van der Waals surface area contributed by atoms with Crippen molar-refractivity contribution in [3.8, 4) is 22.6 Å². The number of aryl methyl sites for hydroxylation is 2. The van der Waals surface area contributed by atoms with Gasteiger partial charge in [-0.15, -0.1) is 0 Å². The molecule has 0 saturated heterocycles. The molecule has 5 aromatic carbocycles. The Hall–Kier alpha value is -4.30. The average molecular weight is 650 g/mol. The van der Waals surface area contributed by atoms with Crippen molar-refractivity contribution < 1.29 is 13.2 Å². The number of aromatic amines is 1. The Morgan fingerprint density at radius 2 is 1.57 bits per heavy atom. The van der Waals surface area contributed by atoms with Crippen molar-refractivity contribution in [2.45, 2.75) is 51.9 Å². The molecule has 0 unspecified atom stereocenters. The van der Waals surface area contributed by atoms with Gasteiger partial charge < -0.3 is 14.3 Å². The predicted molar refractivity (Wildman–Crippen MR) is 191 cm³/mol. The van der Waals surface area contributed by atoms with Crippen LogP contribution in [0.5, 0.6) is 5.75 Å². The number of nitrogens with two attached hydrogens (primary N) is 1. The van der Waals surface area contributed by atoms with Crippen LogP contribution in [0.2, 0.25) is 5.02 Å². The van der Waals surface area contributed by atoms with Crippen molar-refractivity contribution in [3.05, 3.63) is 100 Å². The Kier molecular flexibility index (Phi) is 6.84. The van der Waals surface area contributed by atoms with Gasteiger partial charge in [0.2, 0.25) is 10.0 Å². The fraction of sp³-hybridized carbons (Fsp3) is 0.211. The highest BCUT2D eigenvalue weighted by atomic mass is 35.5. The van der Waals surface area contributed by atoms with E-state index in [9.17, 15) is 8.42 Å². The molecule has 7 rings (SSSR count). The molecular weight excluding hydrogens is 614 g/mol. The summed E-state index contributed by atoms with van der Waals surface area (Å²) in [5, 5.41) is 10.7. The number of primary sulfonamides is 1. The first-order valence-corrected chi connectivity index (χ1v) is 17.1. The largest absolute Gasteiger partial charge is 0.496 e. The zero-order valence-electron chi connectivity index (χ0n) is 27.0. The van der Waals surface area contributed by atoms with Crippen LogP contribution < -0.4 is 9.88 Å². The minimum absolute atomic E-state index is 0.00710. The van der Waals surface area contributed by atoms with Gasteiger partial charge in [0.25, 0.3) is 0 Å². The monoisotopic (exact) mass is 649 g/mol. The van der Waals surface area contributed by atoms with Crippen LogP contribution in [-0.2, 0) is 15.4 Å². The third-order valence-corrected chi connectivity index (χ3v) is 10.4. The number of H-pyrrole nitrogens is 1. The number of methoxy groups -OCH3 is 1. The third kappa shape index (κ3) is 4.60. The molecule has 0 bridgehead atoms. The molecule has 6 nitrogen and oxygen atoms in total. The topological polar surface area (TPSA) is 90.1 Å². The number of benzene rings is 5. The van der Waals surface area contributed by atoms with E-state index in [2.05, 4.69) is 60.7 Å². The lowest BCUT2D eigenvalue weighted by atomic mass is 9.86. The van der Waals surface area contributed by atoms with Gasteiger partial charge in [-0.25, -0.2) is 13.6 Å². The first-order chi connectivity index (χ1) is 21.7. The molecule has 0 aliphatic rings. The van der Waals surface area contributed by atoms with Gasteiger partial charge in [0.05, 0.1) is 34.2 Å². The molecule has 0 atom stereocenters. The number of hydrogen-bond donors (Lipinski definition) is 2. The van der Waals surface area contributed by atoms with E-state index < -0.39 is 10.0 Å². The molecule has 3 N–H and O–H groups in total. The summed E-state index contributed by atoms with van der Waals surface area (Å²) in [6.07, 6.45) is 0. The van der Waals surface area contributed by atoms with Crippen molar-refractivity contribution >= 4 is 65.2 Å². The maximum Gasteiger partial charge on any atom is 0.238 e. The van der Waals surface area contributed by atoms with Crippen molar-refractivity contribution in [3.63, 3.8) is 0 Å². The van der Waals surface area contributed by atoms with E-state index in [1.54, 1.807) is 19.2 Å². The lowest BCUT2D eigenvalue weighted by molar-refractivity contribution is 0.408. The number of hydrogen-bond acceptors (Lipinski definition) is 3. The molecule has 46 heavy (non-hydrogen) atoms. The van der Waals surface area contributed by atoms with E-state index in [1.807, 2.05) is 51.1 Å². The molecule has 0 aliphatic heterocycles. The summed E-state index contributed by atoms with van der Waals surface area (Å²) in [5.41, 5.74) is 9.91. The van der Waals surface area contributed by atoms with Crippen LogP contribution in [0.3, 0.4) is 0 Å². The molecule has 8 heteroatoms. The van der Waals surface area contributed by atoms with Crippen molar-refractivity contribution in [2.75, 3.05) is 7.11 Å². The van der Waals surface area contributed by atoms with E-state index in [1.165, 1.54) is 5.56 Å². The average Bonchev–Trinajstić information content (AvgIpc) is 3.51. The molecule has 0 saturated carbocycles. The van der Waals surface area contributed by atoms with Crippen LogP contribution in [0.1, 0.15) is 43.0 Å². The van der Waals surface area contributed by atoms with E-state index in [0.29, 0.717) is 10.6 Å². The summed E-state index contributed by atoms with van der Waals surface area (Å²) >= 11 is 6.61. The van der Waals surface area contributed by atoms with Gasteiger partial charge in [-0.05, 0) is 85.8 Å². The molecule has 0 aliphatic carbocycles. The summed E-state index contributed by atoms with van der Waals surface area (Å²) in [7, 11) is -2.39. The lowest BCUT2D eigenvalue weighted by Gasteiger charge is -2.22. The van der Waals surface area contributed by atoms with Crippen LogP contribution >= 0.6 is 11.6 Å². The highest BCUT2D eigenvalue weighted by Gasteiger charge is 2.26. The fourth-order valence-electron chi connectivity index (χ4n) is 7.01. The van der Waals surface area contributed by atoms with E-state index >= 15 is 0 Å². The van der Waals surface area contributed by atoms with Gasteiger partial charge in [-0.1, -0.05) is 62.2 Å². The molecular formula is C38H36ClN3O3S. The SMILES string of the molecule is COc1c(C)cc(-c2cc(C)ccc2S(N)(=O)=O)c(-n2c3ccc(Cl)cc3c3ccc4c5cc(C(C)(C)C)ccc5[nH]c4c32)c1C. The van der Waals surface area contributed by atoms with Crippen LogP contribution in [0, 0.1) is 20.8 Å². The molecule has 0 radical (unpaired) electrons. The van der Waals surface area contributed by atoms with Crippen molar-refractivity contribution in [2.24, 2.45) is 5.14 Å². The van der Waals surface area contributed by atoms with Crippen molar-refractivity contribution in [1.82, 2.24) is 9.55 Å². The highest BCUT2D eigenvalue weighted by Crippen LogP contribution is 2.46. The Balaban J connectivity index is 1.72. The molecule has 7 aromatic rings. The van der Waals surface area contributed by atoms with Crippen LogP contribution in [-0.4, -0.2) is 25.1 Å². The standard InChI is InChI=1S/C38H36ClN3O3S/c1-20-8-15-33(46(40,43)44)29(16-20)30-17-21(2)37(45-7)22(3)35(30)42-32-14-10-24(39)19-28(32)26-12-11-25-27-18-23(38(4,5)6)9-13-31(27)41-34(25)36(26)42/h8-19,41H,1-7H3,(H2,40,43,44). The van der Waals surface area contributed by atoms with Gasteiger partial charge in [-0.2, -0.15) is 0 Å². The predicted octanol–water partition coefficient (Wildman–Crippen LogP) is 9.62. The van der Waals surface area contributed by atoms with Gasteiger partial charge in [0.1, 0.15) is 5.75 Å². The Labute approximate surface area is 273 Å². The molecule has 0 amide bonds. The highest BCUT2D eigenvalue weighted by molar-refractivity contribution is 7.89. The molecule has 2 aromatic heterocycles. The minimum Gasteiger partial charge on any atom is -0.496 e. The van der Waals surface area contributed by atoms with Crippen molar-refractivity contribution in [1.29, 1.82) is 0 Å². The summed E-state index contributed by atoms with van der Waals surface area (Å²) < 4.78 is 34.2. The van der Waals surface area contributed by atoms with Gasteiger partial charge in [0, 0.05) is 48.8 Å². The first kappa shape index (κ1) is 30.4. The number of halogens is 1. The zero-order chi connectivity index (χ0) is 32.9. The third-order valence-electron chi connectivity index (χ3n) is 9.16.